The fraction of sp³-hybridized carbons (Fsp3) is 0.409. The molecule has 0 spiro atoms. The number of imidazole rings is 1. The molecule has 2 amide bonds. The number of nitrogens with one attached hydrogen (secondary N) is 1. The number of likely N-dealkylation sites (tertiary alicyclic amines) is 1. The van der Waals surface area contributed by atoms with E-state index in [0.29, 0.717) is 35.9 Å². The molecule has 0 unspecified atom stereocenters. The Balaban J connectivity index is 1.47. The van der Waals surface area contributed by atoms with Crippen LogP contribution in [0.15, 0.2) is 30.6 Å². The summed E-state index contributed by atoms with van der Waals surface area (Å²) < 4.78 is 22.1. The number of carbonyl (C=O) groups is 1. The molecule has 1 aromatic carbocycles. The van der Waals surface area contributed by atoms with Crippen molar-refractivity contribution in [2.24, 2.45) is 0 Å². The summed E-state index contributed by atoms with van der Waals surface area (Å²) in [7, 11) is 0. The van der Waals surface area contributed by atoms with Gasteiger partial charge in [0.2, 0.25) is 5.78 Å². The topological polar surface area (TPSA) is 75.0 Å². The molecule has 8 nitrogen and oxygen atoms in total. The van der Waals surface area contributed by atoms with E-state index < -0.39 is 0 Å². The van der Waals surface area contributed by atoms with Gasteiger partial charge in [-0.15, -0.1) is 0 Å². The van der Waals surface area contributed by atoms with E-state index in [4.69, 9.17) is 4.74 Å². The molecule has 2 aromatic heterocycles. The number of aromatic nitrogens is 3. The van der Waals surface area contributed by atoms with Gasteiger partial charge in [0.1, 0.15) is 11.6 Å². The highest BCUT2D eigenvalue weighted by Crippen LogP contribution is 2.29. The molecule has 2 fully saturated rings. The van der Waals surface area contributed by atoms with Crippen LogP contribution in [0.2, 0.25) is 0 Å². The highest BCUT2D eigenvalue weighted by atomic mass is 19.1. The molecule has 1 N–H and O–H groups in total. The Labute approximate surface area is 179 Å². The maximum atomic E-state index is 14.8. The second-order valence-corrected chi connectivity index (χ2v) is 7.98. The van der Waals surface area contributed by atoms with Crippen molar-refractivity contribution in [3.63, 3.8) is 0 Å². The molecule has 31 heavy (non-hydrogen) atoms. The zero-order valence-corrected chi connectivity index (χ0v) is 17.5. The number of benzene rings is 1. The van der Waals surface area contributed by atoms with Crippen LogP contribution in [0.5, 0.6) is 0 Å². The minimum atomic E-state index is -0.390. The molecule has 0 radical (unpaired) electrons. The van der Waals surface area contributed by atoms with Gasteiger partial charge in [-0.25, -0.2) is 19.2 Å². The van der Waals surface area contributed by atoms with E-state index in [-0.39, 0.29) is 11.8 Å². The second-order valence-electron chi connectivity index (χ2n) is 7.98. The molecule has 2 aliphatic rings. The van der Waals surface area contributed by atoms with Crippen LogP contribution in [0.3, 0.4) is 0 Å². The summed E-state index contributed by atoms with van der Waals surface area (Å²) in [6.45, 7) is 6.35. The normalized spacial score (nSPS) is 16.8. The van der Waals surface area contributed by atoms with E-state index in [2.05, 4.69) is 20.2 Å². The zero-order valence-electron chi connectivity index (χ0n) is 17.5. The van der Waals surface area contributed by atoms with Gasteiger partial charge in [-0.2, -0.15) is 0 Å². The van der Waals surface area contributed by atoms with Crippen LogP contribution in [-0.2, 0) is 4.74 Å². The van der Waals surface area contributed by atoms with E-state index in [1.54, 1.807) is 23.2 Å². The fourth-order valence-corrected chi connectivity index (χ4v) is 4.20. The SMILES string of the molecule is Cc1cn2c(N3CCOCC3)cnc2nc1-c1cc(NC(=O)N2CCCC2)ccc1F. The Kier molecular flexibility index (Phi) is 5.19. The van der Waals surface area contributed by atoms with Gasteiger partial charge in [-0.3, -0.25) is 4.40 Å². The Hall–Kier alpha value is -3.20. The highest BCUT2D eigenvalue weighted by Gasteiger charge is 2.20. The number of hydrogen-bond donors (Lipinski definition) is 1. The smallest absolute Gasteiger partial charge is 0.321 e. The number of morpholine rings is 1. The number of carbonyl (C=O) groups excluding carboxylic acids is 1. The number of rotatable bonds is 3. The molecule has 3 aromatic rings. The Morgan fingerprint density at radius 1 is 1.16 bits per heavy atom. The first kappa shape index (κ1) is 19.7. The van der Waals surface area contributed by atoms with E-state index in [1.165, 1.54) is 6.07 Å². The number of nitrogens with zero attached hydrogens (tertiary/aromatic N) is 5. The van der Waals surface area contributed by atoms with Crippen molar-refractivity contribution in [1.29, 1.82) is 0 Å². The lowest BCUT2D eigenvalue weighted by molar-refractivity contribution is 0.122. The van der Waals surface area contributed by atoms with Crippen LogP contribution in [0.1, 0.15) is 18.4 Å². The Morgan fingerprint density at radius 3 is 2.71 bits per heavy atom. The van der Waals surface area contributed by atoms with Gasteiger partial charge in [0.25, 0.3) is 0 Å². The number of anilines is 2. The zero-order chi connectivity index (χ0) is 21.4. The average molecular weight is 424 g/mol. The molecular weight excluding hydrogens is 399 g/mol. The molecule has 2 saturated heterocycles. The lowest BCUT2D eigenvalue weighted by Crippen LogP contribution is -2.36. The number of hydrogen-bond acceptors (Lipinski definition) is 5. The number of urea groups is 1. The first-order valence-corrected chi connectivity index (χ1v) is 10.6. The maximum absolute atomic E-state index is 14.8. The maximum Gasteiger partial charge on any atom is 0.321 e. The third-order valence-electron chi connectivity index (χ3n) is 5.87. The Bertz CT molecular complexity index is 1120. The quantitative estimate of drug-likeness (QED) is 0.698. The highest BCUT2D eigenvalue weighted by molar-refractivity contribution is 5.90. The first-order valence-electron chi connectivity index (χ1n) is 10.6. The average Bonchev–Trinajstić information content (AvgIpc) is 3.45. The summed E-state index contributed by atoms with van der Waals surface area (Å²) in [4.78, 5) is 25.5. The Morgan fingerprint density at radius 2 is 1.94 bits per heavy atom. The summed E-state index contributed by atoms with van der Waals surface area (Å²) in [6, 6.07) is 4.43. The van der Waals surface area contributed by atoms with Gasteiger partial charge < -0.3 is 19.9 Å². The summed E-state index contributed by atoms with van der Waals surface area (Å²) in [6.07, 6.45) is 5.76. The van der Waals surface area contributed by atoms with Crippen molar-refractivity contribution in [2.75, 3.05) is 49.6 Å². The number of amides is 2. The lowest BCUT2D eigenvalue weighted by atomic mass is 10.1. The second kappa shape index (κ2) is 8.14. The summed E-state index contributed by atoms with van der Waals surface area (Å²) in [5.74, 6) is 1.07. The van der Waals surface area contributed by atoms with Crippen molar-refractivity contribution in [3.8, 4) is 11.3 Å². The van der Waals surface area contributed by atoms with E-state index in [1.807, 2.05) is 17.5 Å². The van der Waals surface area contributed by atoms with Crippen LogP contribution < -0.4 is 10.2 Å². The molecule has 4 heterocycles. The third kappa shape index (κ3) is 3.81. The van der Waals surface area contributed by atoms with Gasteiger partial charge in [0.05, 0.1) is 25.1 Å². The lowest BCUT2D eigenvalue weighted by Gasteiger charge is -2.27. The molecule has 9 heteroatoms. The summed E-state index contributed by atoms with van der Waals surface area (Å²) in [5, 5.41) is 2.88. The summed E-state index contributed by atoms with van der Waals surface area (Å²) in [5.41, 5.74) is 2.23. The van der Waals surface area contributed by atoms with Crippen LogP contribution in [0.25, 0.3) is 17.0 Å². The first-order chi connectivity index (χ1) is 15.1. The fourth-order valence-electron chi connectivity index (χ4n) is 4.20. The molecular formula is C22H25FN6O2. The van der Waals surface area contributed by atoms with Crippen LogP contribution >= 0.6 is 0 Å². The standard InChI is InChI=1S/C22H25FN6O2/c1-15-14-29-19(27-8-10-31-11-9-27)13-24-21(29)26-20(15)17-12-16(4-5-18(17)23)25-22(30)28-6-2-3-7-28/h4-5,12-14H,2-3,6-11H2,1H3,(H,25,30). The van der Waals surface area contributed by atoms with Gasteiger partial charge in [-0.05, 0) is 43.5 Å². The van der Waals surface area contributed by atoms with Gasteiger partial charge in [0, 0.05) is 43.6 Å². The van der Waals surface area contributed by atoms with Gasteiger partial charge >= 0.3 is 6.03 Å². The largest absolute Gasteiger partial charge is 0.378 e. The van der Waals surface area contributed by atoms with Crippen molar-refractivity contribution < 1.29 is 13.9 Å². The van der Waals surface area contributed by atoms with Gasteiger partial charge in [-0.1, -0.05) is 0 Å². The van der Waals surface area contributed by atoms with Crippen molar-refractivity contribution in [3.05, 3.63) is 42.0 Å². The van der Waals surface area contributed by atoms with Crippen molar-refractivity contribution in [2.45, 2.75) is 19.8 Å². The van der Waals surface area contributed by atoms with Crippen LogP contribution in [-0.4, -0.2) is 64.7 Å². The summed E-state index contributed by atoms with van der Waals surface area (Å²) >= 11 is 0. The van der Waals surface area contributed by atoms with E-state index >= 15 is 0 Å². The molecule has 0 bridgehead atoms. The van der Waals surface area contributed by atoms with Crippen molar-refractivity contribution in [1.82, 2.24) is 19.3 Å². The van der Waals surface area contributed by atoms with E-state index in [0.717, 1.165) is 50.4 Å². The molecule has 0 atom stereocenters. The molecule has 162 valence electrons. The molecule has 0 saturated carbocycles. The number of fused-ring (bicyclic) bond motifs is 1. The predicted octanol–water partition coefficient (Wildman–Crippen LogP) is 3.31. The van der Waals surface area contributed by atoms with E-state index in [9.17, 15) is 9.18 Å². The monoisotopic (exact) mass is 424 g/mol. The van der Waals surface area contributed by atoms with Crippen LogP contribution in [0, 0.1) is 12.7 Å². The molecule has 5 rings (SSSR count). The number of aryl methyl sites for hydroxylation is 1. The van der Waals surface area contributed by atoms with Gasteiger partial charge in [0.15, 0.2) is 0 Å². The number of halogens is 1. The minimum Gasteiger partial charge on any atom is -0.378 e. The number of ether oxygens (including phenoxy) is 1. The van der Waals surface area contributed by atoms with Crippen molar-refractivity contribution >= 4 is 23.3 Å². The minimum absolute atomic E-state index is 0.154. The predicted molar refractivity (Wildman–Crippen MR) is 116 cm³/mol. The molecule has 2 aliphatic heterocycles. The van der Waals surface area contributed by atoms with Crippen LogP contribution in [0.4, 0.5) is 20.7 Å². The third-order valence-corrected chi connectivity index (χ3v) is 5.87. The molecule has 0 aliphatic carbocycles.